The van der Waals surface area contributed by atoms with Crippen LogP contribution in [0.5, 0.6) is 0 Å². The molecule has 2 aliphatic rings. The number of hydrogen-bond donors (Lipinski definition) is 4. The molecule has 0 radical (unpaired) electrons. The molecule has 0 spiro atoms. The molecule has 4 N–H and O–H groups in total. The molecule has 2 saturated carbocycles. The van der Waals surface area contributed by atoms with Crippen LogP contribution in [0, 0.1) is 5.92 Å². The predicted octanol–water partition coefficient (Wildman–Crippen LogP) is 1.58. The van der Waals surface area contributed by atoms with E-state index >= 15 is 0 Å². The van der Waals surface area contributed by atoms with Gasteiger partial charge in [-0.3, -0.25) is 0 Å². The van der Waals surface area contributed by atoms with Crippen LogP contribution in [0.1, 0.15) is 36.8 Å². The van der Waals surface area contributed by atoms with Crippen LogP contribution < -0.4 is 5.32 Å². The van der Waals surface area contributed by atoms with Crippen LogP contribution in [0.3, 0.4) is 0 Å². The van der Waals surface area contributed by atoms with Crippen LogP contribution in [0.4, 0.5) is 5.82 Å². The summed E-state index contributed by atoms with van der Waals surface area (Å²) >= 11 is 1.43. The third-order valence-corrected chi connectivity index (χ3v) is 6.96. The van der Waals surface area contributed by atoms with Crippen molar-refractivity contribution >= 4 is 28.7 Å². The number of nitrogens with one attached hydrogen (secondary N) is 1. The topological polar surface area (TPSA) is 129 Å². The van der Waals surface area contributed by atoms with Gasteiger partial charge in [0.15, 0.2) is 22.1 Å². The summed E-state index contributed by atoms with van der Waals surface area (Å²) in [5, 5.41) is 43.0. The number of aromatic nitrogens is 5. The molecule has 2 aliphatic carbocycles. The van der Waals surface area contributed by atoms with E-state index < -0.39 is 18.2 Å². The Morgan fingerprint density at radius 2 is 1.94 bits per heavy atom. The molecule has 1 aromatic carbocycles. The van der Waals surface area contributed by atoms with Gasteiger partial charge in [0.2, 0.25) is 0 Å². The van der Waals surface area contributed by atoms with E-state index in [1.165, 1.54) is 17.3 Å². The Morgan fingerprint density at radius 1 is 1.13 bits per heavy atom. The number of thioether (sulfide) groups is 1. The first kappa shape index (κ1) is 20.6. The molecule has 0 amide bonds. The van der Waals surface area contributed by atoms with E-state index in [2.05, 4.69) is 49.9 Å². The average Bonchev–Trinajstić information content (AvgIpc) is 3.35. The van der Waals surface area contributed by atoms with E-state index in [0.29, 0.717) is 40.9 Å². The quantitative estimate of drug-likeness (QED) is 0.318. The first-order valence-corrected chi connectivity index (χ1v) is 11.8. The van der Waals surface area contributed by atoms with Crippen LogP contribution in [0.2, 0.25) is 0 Å². The van der Waals surface area contributed by atoms with Crippen LogP contribution in [-0.4, -0.2) is 71.4 Å². The van der Waals surface area contributed by atoms with Gasteiger partial charge in [0.25, 0.3) is 0 Å². The Morgan fingerprint density at radius 3 is 2.68 bits per heavy atom. The van der Waals surface area contributed by atoms with Crippen LogP contribution in [0.15, 0.2) is 35.5 Å². The standard InChI is InChI=1S/C21H26N6O3S/c1-31-21-23-19(22-14-10-13(14)11-5-3-2-4-6-11)16-20(24-21)27(26-25-16)15-9-12(7-8-28)17(29)18(15)30/h2-6,12-15,17-18,28-30H,7-10H2,1H3,(H,22,23,24). The summed E-state index contributed by atoms with van der Waals surface area (Å²) in [5.41, 5.74) is 2.40. The fourth-order valence-corrected chi connectivity index (χ4v) is 4.98. The third-order valence-electron chi connectivity index (χ3n) is 6.41. The highest BCUT2D eigenvalue weighted by Crippen LogP contribution is 2.43. The summed E-state index contributed by atoms with van der Waals surface area (Å²) in [6, 6.07) is 10.2. The van der Waals surface area contributed by atoms with E-state index in [1.807, 2.05) is 12.3 Å². The first-order valence-electron chi connectivity index (χ1n) is 10.6. The highest BCUT2D eigenvalue weighted by Gasteiger charge is 2.44. The molecule has 2 fully saturated rings. The Labute approximate surface area is 183 Å². The van der Waals surface area contributed by atoms with Crippen molar-refractivity contribution in [2.45, 2.75) is 54.6 Å². The fraction of sp³-hybridized carbons (Fsp3) is 0.524. The molecule has 0 bridgehead atoms. The third kappa shape index (κ3) is 3.78. The zero-order chi connectivity index (χ0) is 21.5. The minimum absolute atomic E-state index is 0.0316. The SMILES string of the molecule is CSc1nc(NC2CC2c2ccccc2)c2nnn(C3CC(CCO)C(O)C3O)c2n1. The Kier molecular flexibility index (Phi) is 5.55. The summed E-state index contributed by atoms with van der Waals surface area (Å²) in [6.07, 6.45) is 1.97. The molecule has 5 rings (SSSR count). The van der Waals surface area contributed by atoms with Crippen LogP contribution >= 0.6 is 11.8 Å². The van der Waals surface area contributed by atoms with E-state index in [1.54, 1.807) is 4.68 Å². The highest BCUT2D eigenvalue weighted by molar-refractivity contribution is 7.98. The van der Waals surface area contributed by atoms with Gasteiger partial charge in [0.05, 0.1) is 12.1 Å². The summed E-state index contributed by atoms with van der Waals surface area (Å²) in [7, 11) is 0. The lowest BCUT2D eigenvalue weighted by molar-refractivity contribution is 0.00107. The lowest BCUT2D eigenvalue weighted by atomic mass is 10.0. The van der Waals surface area contributed by atoms with E-state index in [9.17, 15) is 15.3 Å². The number of fused-ring (bicyclic) bond motifs is 1. The lowest BCUT2D eigenvalue weighted by Crippen LogP contribution is -2.30. The normalized spacial score (nSPS) is 30.1. The number of anilines is 1. The molecule has 0 saturated heterocycles. The van der Waals surface area contributed by atoms with E-state index in [0.717, 1.165) is 6.42 Å². The van der Waals surface area contributed by atoms with Gasteiger partial charge in [-0.1, -0.05) is 47.3 Å². The smallest absolute Gasteiger partial charge is 0.191 e. The maximum Gasteiger partial charge on any atom is 0.191 e. The van der Waals surface area contributed by atoms with Crippen LogP contribution in [-0.2, 0) is 0 Å². The molecule has 0 aliphatic heterocycles. The van der Waals surface area contributed by atoms with Crippen LogP contribution in [0.25, 0.3) is 11.2 Å². The van der Waals surface area contributed by atoms with E-state index in [4.69, 9.17) is 0 Å². The van der Waals surface area contributed by atoms with Crippen molar-refractivity contribution in [2.24, 2.45) is 5.92 Å². The summed E-state index contributed by atoms with van der Waals surface area (Å²) in [4.78, 5) is 9.23. The van der Waals surface area contributed by atoms with Crippen molar-refractivity contribution < 1.29 is 15.3 Å². The second-order valence-electron chi connectivity index (χ2n) is 8.33. The number of benzene rings is 1. The first-order chi connectivity index (χ1) is 15.1. The van der Waals surface area contributed by atoms with Gasteiger partial charge in [0, 0.05) is 18.6 Å². The highest BCUT2D eigenvalue weighted by atomic mass is 32.2. The van der Waals surface area contributed by atoms with Crippen molar-refractivity contribution in [2.75, 3.05) is 18.2 Å². The minimum atomic E-state index is -0.989. The second-order valence-corrected chi connectivity index (χ2v) is 9.10. The molecule has 10 heteroatoms. The van der Waals surface area contributed by atoms with Crippen molar-refractivity contribution in [3.8, 4) is 0 Å². The van der Waals surface area contributed by atoms with Gasteiger partial charge >= 0.3 is 0 Å². The largest absolute Gasteiger partial charge is 0.396 e. The zero-order valence-electron chi connectivity index (χ0n) is 17.2. The Bertz CT molecular complexity index is 1060. The van der Waals surface area contributed by atoms with Crippen molar-refractivity contribution in [3.05, 3.63) is 35.9 Å². The molecule has 3 aromatic rings. The summed E-state index contributed by atoms with van der Waals surface area (Å²) in [6.45, 7) is -0.0316. The van der Waals surface area contributed by atoms with Gasteiger partial charge < -0.3 is 20.6 Å². The number of aliphatic hydroxyl groups excluding tert-OH is 3. The van der Waals surface area contributed by atoms with Crippen molar-refractivity contribution in [1.29, 1.82) is 0 Å². The van der Waals surface area contributed by atoms with Crippen molar-refractivity contribution in [1.82, 2.24) is 25.0 Å². The Hall–Kier alpha value is -2.27. The van der Waals surface area contributed by atoms with Gasteiger partial charge in [-0.15, -0.1) is 5.10 Å². The maximum atomic E-state index is 10.6. The number of hydrogen-bond acceptors (Lipinski definition) is 9. The number of aliphatic hydroxyl groups is 3. The zero-order valence-corrected chi connectivity index (χ0v) is 18.0. The minimum Gasteiger partial charge on any atom is -0.396 e. The molecule has 164 valence electrons. The predicted molar refractivity (Wildman–Crippen MR) is 117 cm³/mol. The molecular formula is C21H26N6O3S. The number of rotatable bonds is 7. The van der Waals surface area contributed by atoms with Crippen molar-refractivity contribution in [3.63, 3.8) is 0 Å². The maximum absolute atomic E-state index is 10.6. The molecule has 2 aromatic heterocycles. The average molecular weight is 443 g/mol. The van der Waals surface area contributed by atoms with Gasteiger partial charge in [-0.2, -0.15) is 0 Å². The lowest BCUT2D eigenvalue weighted by Gasteiger charge is -2.17. The summed E-state index contributed by atoms with van der Waals surface area (Å²) in [5.74, 6) is 0.885. The van der Waals surface area contributed by atoms with Gasteiger partial charge in [-0.25, -0.2) is 14.6 Å². The molecule has 9 nitrogen and oxygen atoms in total. The molecular weight excluding hydrogens is 416 g/mol. The second kappa shape index (κ2) is 8.34. The molecule has 6 atom stereocenters. The Balaban J connectivity index is 1.44. The van der Waals surface area contributed by atoms with E-state index in [-0.39, 0.29) is 18.6 Å². The molecule has 2 heterocycles. The van der Waals surface area contributed by atoms with Gasteiger partial charge in [-0.05, 0) is 37.0 Å². The monoisotopic (exact) mass is 442 g/mol. The number of nitrogens with zero attached hydrogens (tertiary/aromatic N) is 5. The summed E-state index contributed by atoms with van der Waals surface area (Å²) < 4.78 is 1.61. The molecule has 6 unspecified atom stereocenters. The molecule has 31 heavy (non-hydrogen) atoms. The fourth-order valence-electron chi connectivity index (χ4n) is 4.62. The van der Waals surface area contributed by atoms with Gasteiger partial charge in [0.1, 0.15) is 6.10 Å².